The van der Waals surface area contributed by atoms with Crippen LogP contribution < -0.4 is 16.3 Å². The Morgan fingerprint density at radius 3 is 2.83 bits per heavy atom. The van der Waals surface area contributed by atoms with Crippen LogP contribution in [0.5, 0.6) is 0 Å². The number of halogens is 1. The number of rotatable bonds is 2. The summed E-state index contributed by atoms with van der Waals surface area (Å²) in [5.74, 6) is -0.313. The van der Waals surface area contributed by atoms with Gasteiger partial charge in [-0.2, -0.15) is 0 Å². The molecule has 0 atom stereocenters. The molecule has 1 aliphatic rings. The van der Waals surface area contributed by atoms with Crippen molar-refractivity contribution in [2.75, 3.05) is 5.32 Å². The largest absolute Gasteiger partial charge is 0.422 e. The number of fused-ring (bicyclic) bond motifs is 1. The fraction of sp³-hybridized carbons (Fsp3) is 0. The van der Waals surface area contributed by atoms with E-state index in [2.05, 4.69) is 10.6 Å². The molecule has 4 nitrogen and oxygen atoms in total. The van der Waals surface area contributed by atoms with Gasteiger partial charge in [0, 0.05) is 16.5 Å². The van der Waals surface area contributed by atoms with Gasteiger partial charge in [-0.15, -0.1) is 11.4 Å². The molecule has 1 radical (unpaired) electrons. The molecule has 0 amide bonds. The fourth-order valence-electron chi connectivity index (χ4n) is 2.44. The Balaban J connectivity index is 1.58. The normalized spacial score (nSPS) is 13.4. The highest BCUT2D eigenvalue weighted by molar-refractivity contribution is 8.02. The van der Waals surface area contributed by atoms with Crippen LogP contribution in [0.1, 0.15) is 5.56 Å². The van der Waals surface area contributed by atoms with Crippen LogP contribution in [0.25, 0.3) is 16.7 Å². The first-order chi connectivity index (χ1) is 11.7. The van der Waals surface area contributed by atoms with Crippen molar-refractivity contribution in [3.05, 3.63) is 81.8 Å². The predicted octanol–water partition coefficient (Wildman–Crippen LogP) is 3.77. The van der Waals surface area contributed by atoms with Crippen LogP contribution in [0.4, 0.5) is 10.1 Å². The van der Waals surface area contributed by atoms with Gasteiger partial charge in [0.2, 0.25) is 0 Å². The molecule has 119 valence electrons. The standard InChI is InChI=1S/C18H12FN2O2S/c19-12-5-3-6-13(9-12)20-18-21-15(10-24-18)14-8-11-4-1-2-7-16(11)23-17(14)22/h1-10,20-21H. The lowest BCUT2D eigenvalue weighted by Crippen LogP contribution is -2.26. The van der Waals surface area contributed by atoms with E-state index >= 15 is 0 Å². The van der Waals surface area contributed by atoms with Gasteiger partial charge < -0.3 is 15.1 Å². The van der Waals surface area contributed by atoms with E-state index in [0.29, 0.717) is 27.6 Å². The minimum absolute atomic E-state index is 0.313. The van der Waals surface area contributed by atoms with Crippen LogP contribution in [0.3, 0.4) is 0 Å². The van der Waals surface area contributed by atoms with E-state index in [1.54, 1.807) is 24.3 Å². The van der Waals surface area contributed by atoms with Crippen LogP contribution in [0.15, 0.2) is 69.2 Å². The van der Waals surface area contributed by atoms with Crippen LogP contribution in [-0.4, -0.2) is 5.11 Å². The maximum atomic E-state index is 13.2. The summed E-state index contributed by atoms with van der Waals surface area (Å²) < 4.78 is 18.6. The molecule has 0 bridgehead atoms. The predicted molar refractivity (Wildman–Crippen MR) is 96.2 cm³/mol. The molecule has 2 aromatic carbocycles. The number of hydrogen-bond acceptors (Lipinski definition) is 4. The molecular formula is C18H12FN2O2S. The number of para-hydroxylation sites is 1. The molecule has 0 aliphatic carbocycles. The highest BCUT2D eigenvalue weighted by atomic mass is 32.1. The van der Waals surface area contributed by atoms with Crippen molar-refractivity contribution in [1.29, 1.82) is 0 Å². The number of anilines is 1. The molecule has 4 rings (SSSR count). The average molecular weight is 339 g/mol. The minimum atomic E-state index is -0.403. The Bertz CT molecular complexity index is 1060. The first-order valence-electron chi connectivity index (χ1n) is 7.26. The Labute approximate surface area is 140 Å². The summed E-state index contributed by atoms with van der Waals surface area (Å²) in [7, 11) is 0. The molecule has 3 aromatic rings. The molecule has 2 heterocycles. The molecule has 0 fully saturated rings. The first-order valence-corrected chi connectivity index (χ1v) is 8.14. The molecule has 24 heavy (non-hydrogen) atoms. The third-order valence-electron chi connectivity index (χ3n) is 3.56. The smallest absolute Gasteiger partial charge is 0.345 e. The zero-order chi connectivity index (χ0) is 16.5. The maximum Gasteiger partial charge on any atom is 0.345 e. The van der Waals surface area contributed by atoms with Gasteiger partial charge >= 0.3 is 5.63 Å². The summed E-state index contributed by atoms with van der Waals surface area (Å²) >= 11 is 1.39. The van der Waals surface area contributed by atoms with Crippen molar-refractivity contribution < 1.29 is 8.81 Å². The van der Waals surface area contributed by atoms with Gasteiger partial charge in [-0.1, -0.05) is 24.3 Å². The zero-order valence-corrected chi connectivity index (χ0v) is 13.2. The summed E-state index contributed by atoms with van der Waals surface area (Å²) in [6, 6.07) is 15.3. The van der Waals surface area contributed by atoms with Crippen molar-refractivity contribution in [2.45, 2.75) is 0 Å². The first kappa shape index (κ1) is 14.6. The third kappa shape index (κ3) is 2.79. The highest BCUT2D eigenvalue weighted by Crippen LogP contribution is 2.21. The van der Waals surface area contributed by atoms with E-state index in [4.69, 9.17) is 4.42 Å². The van der Waals surface area contributed by atoms with E-state index in [1.165, 1.54) is 23.5 Å². The van der Waals surface area contributed by atoms with Crippen molar-refractivity contribution >= 4 is 38.8 Å². The van der Waals surface area contributed by atoms with Crippen molar-refractivity contribution in [2.24, 2.45) is 0 Å². The third-order valence-corrected chi connectivity index (χ3v) is 4.35. The summed E-state index contributed by atoms with van der Waals surface area (Å²) in [5.41, 5.74) is 1.89. The maximum absolute atomic E-state index is 13.2. The Kier molecular flexibility index (Phi) is 3.59. The number of nitrogens with one attached hydrogen (secondary N) is 2. The Morgan fingerprint density at radius 1 is 1.08 bits per heavy atom. The van der Waals surface area contributed by atoms with Crippen LogP contribution in [-0.2, 0) is 0 Å². The Morgan fingerprint density at radius 2 is 1.96 bits per heavy atom. The SMILES string of the molecule is O=c1oc2ccccc2cc1C1=C[S]=C(Nc2cccc(F)c2)N1. The van der Waals surface area contributed by atoms with Gasteiger partial charge in [0.05, 0.1) is 11.3 Å². The molecule has 0 saturated carbocycles. The lowest BCUT2D eigenvalue weighted by Gasteiger charge is -2.10. The van der Waals surface area contributed by atoms with Crippen molar-refractivity contribution in [1.82, 2.24) is 5.32 Å². The van der Waals surface area contributed by atoms with Crippen LogP contribution in [0.2, 0.25) is 0 Å². The lowest BCUT2D eigenvalue weighted by atomic mass is 10.1. The summed E-state index contributed by atoms with van der Waals surface area (Å²) in [5, 5.41) is 9.58. The van der Waals surface area contributed by atoms with E-state index in [-0.39, 0.29) is 5.82 Å². The monoisotopic (exact) mass is 339 g/mol. The van der Waals surface area contributed by atoms with Crippen molar-refractivity contribution in [3.8, 4) is 0 Å². The Hall–Kier alpha value is -2.99. The summed E-state index contributed by atoms with van der Waals surface area (Å²) in [4.78, 5) is 12.2. The molecule has 0 saturated heterocycles. The topological polar surface area (TPSA) is 54.3 Å². The quantitative estimate of drug-likeness (QED) is 0.551. The number of benzene rings is 2. The molecule has 1 aromatic heterocycles. The molecule has 0 spiro atoms. The van der Waals surface area contributed by atoms with E-state index in [0.717, 1.165) is 5.39 Å². The van der Waals surface area contributed by atoms with Gasteiger partial charge in [0.25, 0.3) is 0 Å². The molecule has 2 N–H and O–H groups in total. The van der Waals surface area contributed by atoms with Gasteiger partial charge in [-0.3, -0.25) is 0 Å². The van der Waals surface area contributed by atoms with E-state index in [1.807, 2.05) is 23.6 Å². The van der Waals surface area contributed by atoms with Crippen LogP contribution >= 0.6 is 11.4 Å². The number of hydrogen-bond donors (Lipinski definition) is 2. The summed E-state index contributed by atoms with van der Waals surface area (Å²) in [6.45, 7) is 0. The molecule has 6 heteroatoms. The second kappa shape index (κ2) is 5.90. The average Bonchev–Trinajstić information content (AvgIpc) is 3.02. The molecule has 1 aliphatic heterocycles. The second-order valence-electron chi connectivity index (χ2n) is 5.22. The van der Waals surface area contributed by atoms with Gasteiger partial charge in [-0.05, 0) is 30.3 Å². The van der Waals surface area contributed by atoms with E-state index < -0.39 is 5.63 Å². The summed E-state index contributed by atoms with van der Waals surface area (Å²) in [6.07, 6.45) is 0. The zero-order valence-electron chi connectivity index (χ0n) is 12.4. The van der Waals surface area contributed by atoms with Crippen LogP contribution in [0, 0.1) is 5.82 Å². The molecule has 0 unspecified atom stereocenters. The fourth-order valence-corrected chi connectivity index (χ4v) is 3.20. The van der Waals surface area contributed by atoms with Gasteiger partial charge in [0.15, 0.2) is 5.11 Å². The molecular weight excluding hydrogens is 327 g/mol. The lowest BCUT2D eigenvalue weighted by molar-refractivity contribution is 0.558. The van der Waals surface area contributed by atoms with Crippen molar-refractivity contribution in [3.63, 3.8) is 0 Å². The minimum Gasteiger partial charge on any atom is -0.422 e. The second-order valence-corrected chi connectivity index (χ2v) is 6.10. The van der Waals surface area contributed by atoms with E-state index in [9.17, 15) is 9.18 Å². The van der Waals surface area contributed by atoms with Gasteiger partial charge in [0.1, 0.15) is 11.4 Å². The highest BCUT2D eigenvalue weighted by Gasteiger charge is 2.15. The van der Waals surface area contributed by atoms with Gasteiger partial charge in [-0.25, -0.2) is 9.18 Å².